The van der Waals surface area contributed by atoms with E-state index in [9.17, 15) is 22.4 Å². The minimum atomic E-state index is -4.97. The van der Waals surface area contributed by atoms with Gasteiger partial charge in [0, 0.05) is 12.1 Å². The van der Waals surface area contributed by atoms with Crippen LogP contribution in [0.3, 0.4) is 0 Å². The van der Waals surface area contributed by atoms with Crippen LogP contribution in [0.25, 0.3) is 0 Å². The summed E-state index contributed by atoms with van der Waals surface area (Å²) in [5, 5.41) is 0. The van der Waals surface area contributed by atoms with Crippen molar-refractivity contribution in [2.24, 2.45) is 5.73 Å². The van der Waals surface area contributed by atoms with Gasteiger partial charge in [-0.2, -0.15) is 4.39 Å². The molecule has 20 heavy (non-hydrogen) atoms. The summed E-state index contributed by atoms with van der Waals surface area (Å²) in [5.74, 6) is -2.61. The van der Waals surface area contributed by atoms with E-state index in [4.69, 9.17) is 5.73 Å². The van der Waals surface area contributed by atoms with Crippen LogP contribution in [-0.4, -0.2) is 23.9 Å². The molecule has 2 N–H and O–H groups in total. The van der Waals surface area contributed by atoms with Crippen molar-refractivity contribution in [3.8, 4) is 5.75 Å². The fourth-order valence-electron chi connectivity index (χ4n) is 1.40. The molecule has 0 aromatic carbocycles. The van der Waals surface area contributed by atoms with E-state index in [1.165, 1.54) is 0 Å². The maximum atomic E-state index is 13.5. The number of carbonyl (C=O) groups is 1. The van der Waals surface area contributed by atoms with Gasteiger partial charge >= 0.3 is 12.3 Å². The van der Waals surface area contributed by atoms with E-state index in [1.807, 2.05) is 0 Å². The smallest absolute Gasteiger partial charge is 0.466 e. The molecule has 0 aliphatic rings. The van der Waals surface area contributed by atoms with Gasteiger partial charge in [-0.3, -0.25) is 4.79 Å². The molecule has 9 heteroatoms. The molecule has 0 saturated heterocycles. The lowest BCUT2D eigenvalue weighted by molar-refractivity contribution is -0.275. The second-order valence-corrected chi connectivity index (χ2v) is 3.62. The van der Waals surface area contributed by atoms with Crippen LogP contribution in [0.4, 0.5) is 17.6 Å². The zero-order valence-electron chi connectivity index (χ0n) is 10.5. The fraction of sp³-hybridized carbons (Fsp3) is 0.455. The predicted molar refractivity (Wildman–Crippen MR) is 59.1 cm³/mol. The molecule has 1 heterocycles. The predicted octanol–water partition coefficient (Wildman–Crippen LogP) is 1.68. The molecular formula is C11H12F4N2O3. The third-order valence-electron chi connectivity index (χ3n) is 2.15. The summed E-state index contributed by atoms with van der Waals surface area (Å²) in [7, 11) is 0. The van der Waals surface area contributed by atoms with Crippen LogP contribution in [0.1, 0.15) is 18.2 Å². The number of hydrogen-bond donors (Lipinski definition) is 1. The Kier molecular flexibility index (Phi) is 5.26. The third-order valence-corrected chi connectivity index (χ3v) is 2.15. The van der Waals surface area contributed by atoms with Gasteiger partial charge in [0.1, 0.15) is 0 Å². The summed E-state index contributed by atoms with van der Waals surface area (Å²) in [5.41, 5.74) is 4.41. The maximum Gasteiger partial charge on any atom is 0.573 e. The van der Waals surface area contributed by atoms with Crippen molar-refractivity contribution in [2.45, 2.75) is 26.3 Å². The van der Waals surface area contributed by atoms with E-state index in [0.29, 0.717) is 0 Å². The van der Waals surface area contributed by atoms with Gasteiger partial charge in [0.2, 0.25) is 5.95 Å². The molecule has 112 valence electrons. The number of halogens is 4. The number of esters is 1. The molecule has 0 radical (unpaired) electrons. The molecule has 0 spiro atoms. The highest BCUT2D eigenvalue weighted by Crippen LogP contribution is 2.27. The lowest BCUT2D eigenvalue weighted by Crippen LogP contribution is -2.20. The van der Waals surface area contributed by atoms with Crippen molar-refractivity contribution >= 4 is 5.97 Å². The van der Waals surface area contributed by atoms with E-state index in [1.54, 1.807) is 6.92 Å². The van der Waals surface area contributed by atoms with Crippen LogP contribution in [0.5, 0.6) is 5.75 Å². The highest BCUT2D eigenvalue weighted by Gasteiger charge is 2.33. The number of rotatable bonds is 5. The van der Waals surface area contributed by atoms with Crippen LogP contribution >= 0.6 is 0 Å². The van der Waals surface area contributed by atoms with Gasteiger partial charge in [-0.1, -0.05) is 0 Å². The number of alkyl halides is 3. The molecule has 1 rings (SSSR count). The lowest BCUT2D eigenvalue weighted by atomic mass is 10.1. The SMILES string of the molecule is CCOC(=O)Cc1cc(OC(F)(F)F)c(CN)nc1F. The molecule has 0 atom stereocenters. The zero-order valence-corrected chi connectivity index (χ0v) is 10.5. The van der Waals surface area contributed by atoms with Crippen LogP contribution in [0.2, 0.25) is 0 Å². The number of nitrogens with zero attached hydrogens (tertiary/aromatic N) is 1. The molecule has 0 amide bonds. The van der Waals surface area contributed by atoms with Crippen LogP contribution in [0.15, 0.2) is 6.07 Å². The first-order valence-corrected chi connectivity index (χ1v) is 5.56. The first kappa shape index (κ1) is 16.2. The van der Waals surface area contributed by atoms with Gasteiger partial charge in [-0.25, -0.2) is 4.98 Å². The molecule has 0 aliphatic heterocycles. The van der Waals surface area contributed by atoms with Gasteiger partial charge in [0.05, 0.1) is 18.7 Å². The number of nitrogens with two attached hydrogens (primary N) is 1. The van der Waals surface area contributed by atoms with Crippen LogP contribution in [-0.2, 0) is 22.5 Å². The van der Waals surface area contributed by atoms with Crippen LogP contribution < -0.4 is 10.5 Å². The maximum absolute atomic E-state index is 13.5. The molecule has 1 aromatic heterocycles. The number of ether oxygens (including phenoxy) is 2. The standard InChI is InChI=1S/C11H12F4N2O3/c1-2-19-9(18)4-6-3-8(20-11(13,14)15)7(5-16)17-10(6)12/h3H,2,4-5,16H2,1H3. The highest BCUT2D eigenvalue weighted by atomic mass is 19.4. The van der Waals surface area contributed by atoms with E-state index >= 15 is 0 Å². The molecule has 5 nitrogen and oxygen atoms in total. The van der Waals surface area contributed by atoms with Gasteiger partial charge < -0.3 is 15.2 Å². The molecular weight excluding hydrogens is 284 g/mol. The number of aromatic nitrogens is 1. The Morgan fingerprint density at radius 2 is 2.10 bits per heavy atom. The number of carbonyl (C=O) groups excluding carboxylic acids is 1. The first-order valence-electron chi connectivity index (χ1n) is 5.56. The summed E-state index contributed by atoms with van der Waals surface area (Å²) in [6, 6.07) is 0.745. The molecule has 0 saturated carbocycles. The first-order chi connectivity index (χ1) is 9.26. The van der Waals surface area contributed by atoms with E-state index in [-0.39, 0.29) is 12.2 Å². The second-order valence-electron chi connectivity index (χ2n) is 3.62. The molecule has 0 unspecified atom stereocenters. The summed E-state index contributed by atoms with van der Waals surface area (Å²) in [6.45, 7) is 1.17. The summed E-state index contributed by atoms with van der Waals surface area (Å²) in [6.07, 6.45) is -5.52. The quantitative estimate of drug-likeness (QED) is 0.508. The Balaban J connectivity index is 3.07. The molecule has 0 aliphatic carbocycles. The van der Waals surface area contributed by atoms with E-state index in [0.717, 1.165) is 6.07 Å². The van der Waals surface area contributed by atoms with Gasteiger partial charge in [0.25, 0.3) is 0 Å². The Labute approximate surface area is 111 Å². The van der Waals surface area contributed by atoms with Gasteiger partial charge in [0.15, 0.2) is 5.75 Å². The van der Waals surface area contributed by atoms with Crippen molar-refractivity contribution in [2.75, 3.05) is 6.61 Å². The van der Waals surface area contributed by atoms with Crippen molar-refractivity contribution in [1.29, 1.82) is 0 Å². The molecule has 0 bridgehead atoms. The van der Waals surface area contributed by atoms with Crippen LogP contribution in [0, 0.1) is 5.95 Å². The number of hydrogen-bond acceptors (Lipinski definition) is 5. The van der Waals surface area contributed by atoms with Crippen molar-refractivity contribution in [3.63, 3.8) is 0 Å². The third kappa shape index (κ3) is 4.65. The van der Waals surface area contributed by atoms with Crippen molar-refractivity contribution < 1.29 is 31.8 Å². The van der Waals surface area contributed by atoms with Gasteiger partial charge in [-0.15, -0.1) is 13.2 Å². The summed E-state index contributed by atoms with van der Waals surface area (Å²) < 4.78 is 58.4. The monoisotopic (exact) mass is 296 g/mol. The summed E-state index contributed by atoms with van der Waals surface area (Å²) >= 11 is 0. The summed E-state index contributed by atoms with van der Waals surface area (Å²) in [4.78, 5) is 14.5. The average Bonchev–Trinajstić information content (AvgIpc) is 2.31. The Hall–Kier alpha value is -1.90. The van der Waals surface area contributed by atoms with E-state index < -0.39 is 42.7 Å². The minimum absolute atomic E-state index is 0.0701. The Bertz CT molecular complexity index is 491. The molecule has 0 fully saturated rings. The molecule has 1 aromatic rings. The van der Waals surface area contributed by atoms with Gasteiger partial charge in [-0.05, 0) is 13.0 Å². The van der Waals surface area contributed by atoms with E-state index in [2.05, 4.69) is 14.5 Å². The highest BCUT2D eigenvalue weighted by molar-refractivity contribution is 5.72. The topological polar surface area (TPSA) is 74.4 Å². The Morgan fingerprint density at radius 3 is 2.60 bits per heavy atom. The van der Waals surface area contributed by atoms with Crippen molar-refractivity contribution in [1.82, 2.24) is 4.98 Å². The second kappa shape index (κ2) is 6.51. The fourth-order valence-corrected chi connectivity index (χ4v) is 1.40. The zero-order chi connectivity index (χ0) is 15.3. The normalized spacial score (nSPS) is 11.3. The number of pyridine rings is 1. The largest absolute Gasteiger partial charge is 0.573 e. The minimum Gasteiger partial charge on any atom is -0.466 e. The average molecular weight is 296 g/mol. The lowest BCUT2D eigenvalue weighted by Gasteiger charge is -2.13. The Morgan fingerprint density at radius 1 is 1.45 bits per heavy atom. The van der Waals surface area contributed by atoms with Crippen molar-refractivity contribution in [3.05, 3.63) is 23.3 Å².